The summed E-state index contributed by atoms with van der Waals surface area (Å²) in [6.07, 6.45) is 8.14. The van der Waals surface area contributed by atoms with Crippen LogP contribution in [0.25, 0.3) is 6.08 Å². The van der Waals surface area contributed by atoms with Crippen LogP contribution in [0.15, 0.2) is 34.9 Å². The molecule has 1 fully saturated rings. The van der Waals surface area contributed by atoms with Crippen molar-refractivity contribution in [3.8, 4) is 0 Å². The Morgan fingerprint density at radius 2 is 2.35 bits per heavy atom. The largest absolute Gasteiger partial charge is 0.322 e. The molecule has 1 aliphatic heterocycles. The van der Waals surface area contributed by atoms with Crippen LogP contribution in [0.5, 0.6) is 0 Å². The van der Waals surface area contributed by atoms with E-state index in [1.165, 1.54) is 6.42 Å². The summed E-state index contributed by atoms with van der Waals surface area (Å²) in [5, 5.41) is 2.88. The summed E-state index contributed by atoms with van der Waals surface area (Å²) in [4.78, 5) is 14.1. The summed E-state index contributed by atoms with van der Waals surface area (Å²) >= 11 is 3.43. The highest BCUT2D eigenvalue weighted by molar-refractivity contribution is 9.10. The number of nitrogens with one attached hydrogen (secondary N) is 1. The molecule has 0 aromatic heterocycles. The topological polar surface area (TPSA) is 32.3 Å². The van der Waals surface area contributed by atoms with Crippen molar-refractivity contribution in [2.45, 2.75) is 38.6 Å². The molecule has 0 radical (unpaired) electrons. The molecule has 4 heteroatoms. The summed E-state index contributed by atoms with van der Waals surface area (Å²) in [5.74, 6) is 0. The van der Waals surface area contributed by atoms with E-state index in [4.69, 9.17) is 0 Å². The molecule has 1 atom stereocenters. The average molecular weight is 337 g/mol. The second-order valence-electron chi connectivity index (χ2n) is 5.09. The molecule has 1 aromatic carbocycles. The molecule has 1 saturated heterocycles. The van der Waals surface area contributed by atoms with Gasteiger partial charge in [0.1, 0.15) is 0 Å². The Morgan fingerprint density at radius 1 is 1.50 bits per heavy atom. The highest BCUT2D eigenvalue weighted by Crippen LogP contribution is 2.19. The molecule has 108 valence electrons. The standard InChI is InChI=1S/C16H21BrN2O/c1-2-15-8-3-4-11-19(15)16(20)18-10-9-13-6-5-7-14(17)12-13/h5-7,9-10,12,15H,2-4,8,11H2,1H3,(H,18,20)/b10-9+. The molecule has 20 heavy (non-hydrogen) atoms. The second kappa shape index (κ2) is 7.48. The molecule has 0 saturated carbocycles. The number of carbonyl (C=O) groups is 1. The number of urea groups is 1. The first-order chi connectivity index (χ1) is 9.70. The van der Waals surface area contributed by atoms with E-state index in [-0.39, 0.29) is 6.03 Å². The van der Waals surface area contributed by atoms with E-state index in [0.717, 1.165) is 35.8 Å². The lowest BCUT2D eigenvalue weighted by molar-refractivity contribution is 0.152. The number of likely N-dealkylation sites (tertiary alicyclic amines) is 1. The number of nitrogens with zero attached hydrogens (tertiary/aromatic N) is 1. The van der Waals surface area contributed by atoms with Gasteiger partial charge in [0.2, 0.25) is 0 Å². The van der Waals surface area contributed by atoms with Crippen molar-refractivity contribution in [2.24, 2.45) is 0 Å². The van der Waals surface area contributed by atoms with Crippen molar-refractivity contribution in [3.63, 3.8) is 0 Å². The monoisotopic (exact) mass is 336 g/mol. The minimum absolute atomic E-state index is 0.0165. The van der Waals surface area contributed by atoms with Gasteiger partial charge in [0.15, 0.2) is 0 Å². The molecule has 1 N–H and O–H groups in total. The predicted octanol–water partition coefficient (Wildman–Crippen LogP) is 4.39. The van der Waals surface area contributed by atoms with E-state index in [1.54, 1.807) is 6.20 Å². The molecule has 0 aliphatic carbocycles. The first-order valence-electron chi connectivity index (χ1n) is 7.20. The van der Waals surface area contributed by atoms with Crippen molar-refractivity contribution < 1.29 is 4.79 Å². The summed E-state index contributed by atoms with van der Waals surface area (Å²) in [5.41, 5.74) is 1.06. The Morgan fingerprint density at radius 3 is 3.10 bits per heavy atom. The molecule has 1 heterocycles. The number of rotatable bonds is 3. The summed E-state index contributed by atoms with van der Waals surface area (Å²) in [6.45, 7) is 3.02. The van der Waals surface area contributed by atoms with Gasteiger partial charge in [-0.25, -0.2) is 4.79 Å². The third-order valence-corrected chi connectivity index (χ3v) is 4.18. The van der Waals surface area contributed by atoms with E-state index in [0.29, 0.717) is 6.04 Å². The van der Waals surface area contributed by atoms with Gasteiger partial charge in [-0.1, -0.05) is 35.0 Å². The molecular formula is C16H21BrN2O. The van der Waals surface area contributed by atoms with Crippen molar-refractivity contribution in [2.75, 3.05) is 6.54 Å². The van der Waals surface area contributed by atoms with Crippen LogP contribution in [0, 0.1) is 0 Å². The van der Waals surface area contributed by atoms with Crippen LogP contribution >= 0.6 is 15.9 Å². The molecule has 2 amide bonds. The molecule has 1 aromatic rings. The molecule has 3 nitrogen and oxygen atoms in total. The van der Waals surface area contributed by atoms with Crippen LogP contribution in [-0.4, -0.2) is 23.5 Å². The van der Waals surface area contributed by atoms with Crippen LogP contribution in [0.4, 0.5) is 4.79 Å². The van der Waals surface area contributed by atoms with Crippen LogP contribution < -0.4 is 5.32 Å². The zero-order valence-electron chi connectivity index (χ0n) is 11.8. The van der Waals surface area contributed by atoms with E-state index in [1.807, 2.05) is 35.2 Å². The van der Waals surface area contributed by atoms with Gasteiger partial charge in [-0.15, -0.1) is 0 Å². The van der Waals surface area contributed by atoms with Crippen molar-refractivity contribution >= 4 is 28.0 Å². The fourth-order valence-corrected chi connectivity index (χ4v) is 3.01. The number of piperidine rings is 1. The first-order valence-corrected chi connectivity index (χ1v) is 7.99. The smallest absolute Gasteiger partial charge is 0.321 e. The number of benzene rings is 1. The van der Waals surface area contributed by atoms with Crippen molar-refractivity contribution in [1.29, 1.82) is 0 Å². The molecule has 1 unspecified atom stereocenters. The quantitative estimate of drug-likeness (QED) is 0.871. The highest BCUT2D eigenvalue weighted by atomic mass is 79.9. The Bertz CT molecular complexity index is 487. The fraction of sp³-hybridized carbons (Fsp3) is 0.438. The van der Waals surface area contributed by atoms with Crippen molar-refractivity contribution in [1.82, 2.24) is 10.2 Å². The van der Waals surface area contributed by atoms with E-state index in [2.05, 4.69) is 28.2 Å². The zero-order chi connectivity index (χ0) is 14.4. The molecule has 0 bridgehead atoms. The van der Waals surface area contributed by atoms with E-state index < -0.39 is 0 Å². The number of hydrogen-bond donors (Lipinski definition) is 1. The van der Waals surface area contributed by atoms with E-state index in [9.17, 15) is 4.79 Å². The Hall–Kier alpha value is -1.29. The molecular weight excluding hydrogens is 316 g/mol. The van der Waals surface area contributed by atoms with Crippen molar-refractivity contribution in [3.05, 3.63) is 40.5 Å². The maximum atomic E-state index is 12.2. The van der Waals surface area contributed by atoms with Crippen LogP contribution in [0.1, 0.15) is 38.2 Å². The minimum atomic E-state index is 0.0165. The number of amides is 2. The lowest BCUT2D eigenvalue weighted by Crippen LogP contribution is -2.47. The molecule has 2 rings (SSSR count). The minimum Gasteiger partial charge on any atom is -0.322 e. The Balaban J connectivity index is 1.91. The second-order valence-corrected chi connectivity index (χ2v) is 6.00. The zero-order valence-corrected chi connectivity index (χ0v) is 13.4. The normalized spacial score (nSPS) is 19.3. The Kier molecular flexibility index (Phi) is 5.65. The maximum Gasteiger partial charge on any atom is 0.321 e. The lowest BCUT2D eigenvalue weighted by Gasteiger charge is -2.34. The van der Waals surface area contributed by atoms with Gasteiger partial charge in [0.25, 0.3) is 0 Å². The fourth-order valence-electron chi connectivity index (χ4n) is 2.59. The number of hydrogen-bond acceptors (Lipinski definition) is 1. The van der Waals surface area contributed by atoms with Gasteiger partial charge in [0, 0.05) is 23.3 Å². The van der Waals surface area contributed by atoms with Gasteiger partial charge in [0.05, 0.1) is 0 Å². The highest BCUT2D eigenvalue weighted by Gasteiger charge is 2.24. The lowest BCUT2D eigenvalue weighted by atomic mass is 10.0. The average Bonchev–Trinajstić information content (AvgIpc) is 2.47. The van der Waals surface area contributed by atoms with Crippen LogP contribution in [0.2, 0.25) is 0 Å². The van der Waals surface area contributed by atoms with Crippen LogP contribution in [0.3, 0.4) is 0 Å². The van der Waals surface area contributed by atoms with Gasteiger partial charge < -0.3 is 10.2 Å². The molecule has 1 aliphatic rings. The first kappa shape index (κ1) is 15.1. The maximum absolute atomic E-state index is 12.2. The van der Waals surface area contributed by atoms with Gasteiger partial charge >= 0.3 is 6.03 Å². The van der Waals surface area contributed by atoms with Gasteiger partial charge in [-0.05, 0) is 49.5 Å². The van der Waals surface area contributed by atoms with E-state index >= 15 is 0 Å². The molecule has 0 spiro atoms. The summed E-state index contributed by atoms with van der Waals surface area (Å²) in [6, 6.07) is 8.38. The third-order valence-electron chi connectivity index (χ3n) is 3.69. The SMILES string of the molecule is CCC1CCCCN1C(=O)N/C=C/c1cccc(Br)c1. The third kappa shape index (κ3) is 4.10. The van der Waals surface area contributed by atoms with Crippen LogP contribution in [-0.2, 0) is 0 Å². The number of halogens is 1. The van der Waals surface area contributed by atoms with Gasteiger partial charge in [-0.2, -0.15) is 0 Å². The predicted molar refractivity (Wildman–Crippen MR) is 86.3 cm³/mol. The summed E-state index contributed by atoms with van der Waals surface area (Å²) in [7, 11) is 0. The van der Waals surface area contributed by atoms with Gasteiger partial charge in [-0.3, -0.25) is 0 Å². The Labute approximate surface area is 129 Å². The summed E-state index contributed by atoms with van der Waals surface area (Å²) < 4.78 is 1.04. The number of carbonyl (C=O) groups excluding carboxylic acids is 1.